The van der Waals surface area contributed by atoms with Gasteiger partial charge in [-0.25, -0.2) is 9.97 Å². The summed E-state index contributed by atoms with van der Waals surface area (Å²) in [6.45, 7) is 3.81. The fraction of sp³-hybridized carbons (Fsp3) is 0. The van der Waals surface area contributed by atoms with Gasteiger partial charge in [-0.3, -0.25) is 0 Å². The van der Waals surface area contributed by atoms with Gasteiger partial charge in [0, 0.05) is 35.4 Å². The van der Waals surface area contributed by atoms with Crippen molar-refractivity contribution in [3.05, 3.63) is 78.9 Å². The van der Waals surface area contributed by atoms with Crippen molar-refractivity contribution < 1.29 is 4.74 Å². The minimum absolute atomic E-state index is 0.331. The molecular weight excluding hydrogens is 250 g/mol. The van der Waals surface area contributed by atoms with Gasteiger partial charge in [0.05, 0.1) is 0 Å². The first kappa shape index (κ1) is 12.2. The number of benzene rings is 1. The molecule has 0 aliphatic carbocycles. The molecule has 0 amide bonds. The lowest BCUT2D eigenvalue weighted by molar-refractivity contribution is 0.441. The predicted molar refractivity (Wildman–Crippen MR) is 77.9 cm³/mol. The number of allylic oxidation sites excluding steroid dienone is 3. The maximum absolute atomic E-state index is 5.55. The first-order valence-electron chi connectivity index (χ1n) is 6.20. The highest BCUT2D eigenvalue weighted by Gasteiger charge is 2.05. The van der Waals surface area contributed by atoms with E-state index >= 15 is 0 Å². The molecule has 2 heterocycles. The number of hydrogen-bond acceptors (Lipinski definition) is 4. The van der Waals surface area contributed by atoms with Gasteiger partial charge in [-0.05, 0) is 18.2 Å². The normalized spacial score (nSPS) is 13.6. The van der Waals surface area contributed by atoms with E-state index in [9.17, 15) is 0 Å². The summed E-state index contributed by atoms with van der Waals surface area (Å²) in [5.74, 6) is 0.718. The smallest absolute Gasteiger partial charge is 0.321 e. The van der Waals surface area contributed by atoms with E-state index in [1.165, 1.54) is 0 Å². The van der Waals surface area contributed by atoms with E-state index in [2.05, 4.69) is 21.9 Å². The minimum Gasteiger partial charge on any atom is -0.424 e. The van der Waals surface area contributed by atoms with Crippen molar-refractivity contribution in [3.63, 3.8) is 0 Å². The number of para-hydroxylation sites is 1. The van der Waals surface area contributed by atoms with Crippen molar-refractivity contribution in [2.24, 2.45) is 0 Å². The van der Waals surface area contributed by atoms with Gasteiger partial charge in [0.25, 0.3) is 0 Å². The van der Waals surface area contributed by atoms with Crippen LogP contribution in [0.2, 0.25) is 0 Å². The summed E-state index contributed by atoms with van der Waals surface area (Å²) < 4.78 is 5.55. The van der Waals surface area contributed by atoms with Crippen molar-refractivity contribution in [1.82, 2.24) is 15.3 Å². The Morgan fingerprint density at radius 3 is 2.40 bits per heavy atom. The molecule has 0 saturated heterocycles. The topological polar surface area (TPSA) is 47.0 Å². The lowest BCUT2D eigenvalue weighted by atomic mass is 10.1. The van der Waals surface area contributed by atoms with Gasteiger partial charge >= 0.3 is 6.01 Å². The molecule has 0 spiro atoms. The predicted octanol–water partition coefficient (Wildman–Crippen LogP) is 3.28. The standard InChI is InChI=1S/C16H13N3O/c1-12-7-8-13(9-17-12)14-10-18-16(19-11-14)20-15-5-3-2-4-6-15/h2-11,17H,1H2. The Hall–Kier alpha value is -2.88. The number of hydrogen-bond donors (Lipinski definition) is 1. The van der Waals surface area contributed by atoms with Crippen molar-refractivity contribution >= 4 is 5.57 Å². The molecule has 1 aromatic carbocycles. The van der Waals surface area contributed by atoms with Crippen LogP contribution < -0.4 is 10.1 Å². The van der Waals surface area contributed by atoms with Crippen LogP contribution in [0.3, 0.4) is 0 Å². The quantitative estimate of drug-likeness (QED) is 0.923. The number of dihydropyridines is 1. The molecule has 1 aliphatic rings. The van der Waals surface area contributed by atoms with E-state index < -0.39 is 0 Å². The molecule has 0 atom stereocenters. The van der Waals surface area contributed by atoms with Crippen molar-refractivity contribution in [1.29, 1.82) is 0 Å². The van der Waals surface area contributed by atoms with Gasteiger partial charge in [0.1, 0.15) is 5.75 Å². The molecule has 1 N–H and O–H groups in total. The molecule has 0 bridgehead atoms. The second-order valence-corrected chi connectivity index (χ2v) is 4.27. The van der Waals surface area contributed by atoms with Gasteiger partial charge in [-0.1, -0.05) is 30.9 Å². The molecule has 0 saturated carbocycles. The van der Waals surface area contributed by atoms with Crippen LogP contribution in [0.15, 0.2) is 73.4 Å². The summed E-state index contributed by atoms with van der Waals surface area (Å²) in [4.78, 5) is 8.42. The highest BCUT2D eigenvalue weighted by molar-refractivity contribution is 5.74. The molecule has 4 nitrogen and oxygen atoms in total. The average molecular weight is 263 g/mol. The highest BCUT2D eigenvalue weighted by Crippen LogP contribution is 2.20. The molecule has 2 aromatic rings. The van der Waals surface area contributed by atoms with E-state index in [0.717, 1.165) is 22.6 Å². The van der Waals surface area contributed by atoms with Gasteiger partial charge in [0.2, 0.25) is 0 Å². The Bertz CT molecular complexity index is 673. The highest BCUT2D eigenvalue weighted by atomic mass is 16.5. The van der Waals surface area contributed by atoms with E-state index in [1.807, 2.05) is 48.7 Å². The zero-order valence-corrected chi connectivity index (χ0v) is 10.8. The van der Waals surface area contributed by atoms with Crippen LogP contribution in [0.4, 0.5) is 0 Å². The zero-order valence-electron chi connectivity index (χ0n) is 10.8. The number of rotatable bonds is 3. The molecule has 3 rings (SSSR count). The summed E-state index contributed by atoms with van der Waals surface area (Å²) in [7, 11) is 0. The first-order valence-corrected chi connectivity index (χ1v) is 6.20. The third-order valence-electron chi connectivity index (χ3n) is 2.79. The Labute approximate surface area is 117 Å². The lowest BCUT2D eigenvalue weighted by Crippen LogP contribution is -2.06. The molecule has 20 heavy (non-hydrogen) atoms. The van der Waals surface area contributed by atoms with Crippen LogP contribution in [-0.4, -0.2) is 9.97 Å². The summed E-state index contributed by atoms with van der Waals surface area (Å²) >= 11 is 0. The van der Waals surface area contributed by atoms with Crippen molar-refractivity contribution in [2.75, 3.05) is 0 Å². The molecule has 1 aliphatic heterocycles. The number of aromatic nitrogens is 2. The van der Waals surface area contributed by atoms with Crippen molar-refractivity contribution in [2.45, 2.75) is 0 Å². The van der Waals surface area contributed by atoms with Gasteiger partial charge in [0.15, 0.2) is 0 Å². The number of nitrogens with one attached hydrogen (secondary N) is 1. The van der Waals surface area contributed by atoms with E-state index in [-0.39, 0.29) is 0 Å². The summed E-state index contributed by atoms with van der Waals surface area (Å²) in [5.41, 5.74) is 2.78. The molecule has 1 aromatic heterocycles. The maximum atomic E-state index is 5.55. The second kappa shape index (κ2) is 5.40. The monoisotopic (exact) mass is 263 g/mol. The maximum Gasteiger partial charge on any atom is 0.321 e. The van der Waals surface area contributed by atoms with Crippen LogP contribution in [0.5, 0.6) is 11.8 Å². The SMILES string of the molecule is C=C1C=CC(c2cnc(Oc3ccccc3)nc2)=CN1. The molecule has 0 radical (unpaired) electrons. The zero-order chi connectivity index (χ0) is 13.8. The largest absolute Gasteiger partial charge is 0.424 e. The summed E-state index contributed by atoms with van der Waals surface area (Å²) in [6, 6.07) is 9.79. The molecule has 98 valence electrons. The first-order chi connectivity index (χ1) is 9.81. The molecule has 0 unspecified atom stereocenters. The fourth-order valence-electron chi connectivity index (χ4n) is 1.75. The Balaban J connectivity index is 1.75. The van der Waals surface area contributed by atoms with Crippen molar-refractivity contribution in [3.8, 4) is 11.8 Å². The van der Waals surface area contributed by atoms with E-state index in [4.69, 9.17) is 4.74 Å². The van der Waals surface area contributed by atoms with Gasteiger partial charge < -0.3 is 10.1 Å². The number of nitrogens with zero attached hydrogens (tertiary/aromatic N) is 2. The third kappa shape index (κ3) is 2.75. The van der Waals surface area contributed by atoms with Crippen LogP contribution in [0, 0.1) is 0 Å². The summed E-state index contributed by atoms with van der Waals surface area (Å²) in [6.07, 6.45) is 9.21. The lowest BCUT2D eigenvalue weighted by Gasteiger charge is -2.10. The fourth-order valence-corrected chi connectivity index (χ4v) is 1.75. The van der Waals surface area contributed by atoms with Gasteiger partial charge in [-0.2, -0.15) is 0 Å². The third-order valence-corrected chi connectivity index (χ3v) is 2.79. The minimum atomic E-state index is 0.331. The van der Waals surface area contributed by atoms with E-state index in [0.29, 0.717) is 6.01 Å². The second-order valence-electron chi connectivity index (χ2n) is 4.27. The van der Waals surface area contributed by atoms with Crippen LogP contribution in [0.25, 0.3) is 5.57 Å². The summed E-state index contributed by atoms with van der Waals surface area (Å²) in [5, 5.41) is 3.05. The molecule has 0 fully saturated rings. The van der Waals surface area contributed by atoms with Crippen LogP contribution >= 0.6 is 0 Å². The molecule has 4 heteroatoms. The Morgan fingerprint density at radius 2 is 1.75 bits per heavy atom. The number of ether oxygens (including phenoxy) is 1. The van der Waals surface area contributed by atoms with Crippen LogP contribution in [0.1, 0.15) is 5.56 Å². The Morgan fingerprint density at radius 1 is 1.00 bits per heavy atom. The average Bonchev–Trinajstić information content (AvgIpc) is 2.50. The van der Waals surface area contributed by atoms with Gasteiger partial charge in [-0.15, -0.1) is 0 Å². The van der Waals surface area contributed by atoms with E-state index in [1.54, 1.807) is 12.4 Å². The van der Waals surface area contributed by atoms with Crippen LogP contribution in [-0.2, 0) is 0 Å². The Kier molecular flexibility index (Phi) is 3.29. The molecular formula is C16H13N3O.